The molecule has 1 aliphatic carbocycles. The Bertz CT molecular complexity index is 1280. The first-order chi connectivity index (χ1) is 17.5. The van der Waals surface area contributed by atoms with Crippen LogP contribution in [0.3, 0.4) is 0 Å². The fraction of sp³-hybridized carbons (Fsp3) is 0.433. The van der Waals surface area contributed by atoms with E-state index in [1.165, 1.54) is 35.2 Å². The summed E-state index contributed by atoms with van der Waals surface area (Å²) in [6.07, 6.45) is 4.02. The van der Waals surface area contributed by atoms with Crippen LogP contribution in [0.5, 0.6) is 17.2 Å². The van der Waals surface area contributed by atoms with Gasteiger partial charge in [-0.05, 0) is 66.1 Å². The summed E-state index contributed by atoms with van der Waals surface area (Å²) in [5.74, 6) is 2.60. The highest BCUT2D eigenvalue weighted by Gasteiger charge is 2.27. The minimum Gasteiger partial charge on any atom is -0.493 e. The minimum atomic E-state index is 0.196. The zero-order chi connectivity index (χ0) is 25.2. The first-order valence-electron chi connectivity index (χ1n) is 12.8. The van der Waals surface area contributed by atoms with Gasteiger partial charge in [-0.2, -0.15) is 0 Å². The molecular formula is C30H36N2O4. The molecule has 1 aliphatic heterocycles. The number of aromatic nitrogens is 1. The number of fused-ring (bicyclic) bond motifs is 1. The van der Waals surface area contributed by atoms with E-state index in [4.69, 9.17) is 14.2 Å². The molecule has 0 N–H and O–H groups in total. The standard InChI is InChI=1S/C30H36N2O4/c1-20-7-5-6-8-23(20)15-24-16-25-19-31(12-11-26(25)32(30(24)33)18-21-9-10-21)17-22-13-27(34-2)29(36-4)28(14-22)35-3/h5-8,13-14,16,21H,9-12,15,17-19H2,1-4H3. The molecule has 0 unspecified atom stereocenters. The monoisotopic (exact) mass is 488 g/mol. The quantitative estimate of drug-likeness (QED) is 0.435. The van der Waals surface area contributed by atoms with Crippen molar-refractivity contribution in [3.63, 3.8) is 0 Å². The summed E-state index contributed by atoms with van der Waals surface area (Å²) in [4.78, 5) is 16.0. The molecule has 0 spiro atoms. The van der Waals surface area contributed by atoms with Crippen molar-refractivity contribution in [3.8, 4) is 17.2 Å². The van der Waals surface area contributed by atoms with Gasteiger partial charge in [0.2, 0.25) is 5.75 Å². The third-order valence-corrected chi connectivity index (χ3v) is 7.53. The predicted octanol–water partition coefficient (Wildman–Crippen LogP) is 4.74. The molecule has 6 heteroatoms. The summed E-state index contributed by atoms with van der Waals surface area (Å²) in [7, 11) is 4.91. The molecule has 0 bridgehead atoms. The summed E-state index contributed by atoms with van der Waals surface area (Å²) in [5, 5.41) is 0. The highest BCUT2D eigenvalue weighted by Crippen LogP contribution is 2.39. The zero-order valence-corrected chi connectivity index (χ0v) is 21.8. The summed E-state index contributed by atoms with van der Waals surface area (Å²) < 4.78 is 18.7. The molecule has 36 heavy (non-hydrogen) atoms. The topological polar surface area (TPSA) is 52.9 Å². The van der Waals surface area contributed by atoms with Crippen LogP contribution >= 0.6 is 0 Å². The second-order valence-electron chi connectivity index (χ2n) is 10.1. The first kappa shape index (κ1) is 24.4. The van der Waals surface area contributed by atoms with Gasteiger partial charge >= 0.3 is 0 Å². The average molecular weight is 489 g/mol. The summed E-state index contributed by atoms with van der Waals surface area (Å²) in [5.41, 5.74) is 7.16. The van der Waals surface area contributed by atoms with Crippen LogP contribution < -0.4 is 19.8 Å². The molecule has 1 saturated carbocycles. The van der Waals surface area contributed by atoms with E-state index in [2.05, 4.69) is 46.7 Å². The van der Waals surface area contributed by atoms with Crippen molar-refractivity contribution < 1.29 is 14.2 Å². The van der Waals surface area contributed by atoms with Crippen molar-refractivity contribution in [3.05, 3.63) is 86.3 Å². The lowest BCUT2D eigenvalue weighted by Gasteiger charge is -2.31. The lowest BCUT2D eigenvalue weighted by Crippen LogP contribution is -2.37. The van der Waals surface area contributed by atoms with Crippen LogP contribution in [-0.4, -0.2) is 37.3 Å². The van der Waals surface area contributed by atoms with Gasteiger partial charge in [0.15, 0.2) is 11.5 Å². The number of pyridine rings is 1. The largest absolute Gasteiger partial charge is 0.493 e. The molecule has 1 fully saturated rings. The molecule has 2 aliphatic rings. The van der Waals surface area contributed by atoms with E-state index in [1.54, 1.807) is 21.3 Å². The number of nitrogens with zero attached hydrogens (tertiary/aromatic N) is 2. The molecule has 6 nitrogen and oxygen atoms in total. The average Bonchev–Trinajstić information content (AvgIpc) is 3.71. The Labute approximate surface area is 213 Å². The molecule has 0 atom stereocenters. The lowest BCUT2D eigenvalue weighted by molar-refractivity contribution is 0.238. The second-order valence-corrected chi connectivity index (χ2v) is 10.1. The molecule has 2 aromatic carbocycles. The molecule has 0 radical (unpaired) electrons. The van der Waals surface area contributed by atoms with Crippen molar-refractivity contribution in [2.45, 2.75) is 52.2 Å². The Kier molecular flexibility index (Phi) is 7.06. The molecule has 1 aromatic heterocycles. The molecular weight excluding hydrogens is 452 g/mol. The van der Waals surface area contributed by atoms with Gasteiger partial charge in [0, 0.05) is 50.3 Å². The van der Waals surface area contributed by atoms with Crippen molar-refractivity contribution in [2.24, 2.45) is 5.92 Å². The Morgan fingerprint density at radius 1 is 0.944 bits per heavy atom. The molecule has 2 heterocycles. The third kappa shape index (κ3) is 5.00. The Morgan fingerprint density at radius 3 is 2.31 bits per heavy atom. The Hall–Kier alpha value is -3.25. The van der Waals surface area contributed by atoms with Gasteiger partial charge in [0.1, 0.15) is 0 Å². The van der Waals surface area contributed by atoms with E-state index in [-0.39, 0.29) is 5.56 Å². The van der Waals surface area contributed by atoms with Gasteiger partial charge < -0.3 is 18.8 Å². The molecule has 3 aromatic rings. The number of rotatable bonds is 9. The Balaban J connectivity index is 1.45. The maximum Gasteiger partial charge on any atom is 0.254 e. The molecule has 0 saturated heterocycles. The van der Waals surface area contributed by atoms with Gasteiger partial charge in [-0.25, -0.2) is 0 Å². The lowest BCUT2D eigenvalue weighted by atomic mass is 9.97. The van der Waals surface area contributed by atoms with Crippen molar-refractivity contribution in [1.82, 2.24) is 9.47 Å². The number of methoxy groups -OCH3 is 3. The van der Waals surface area contributed by atoms with E-state index < -0.39 is 0 Å². The highest BCUT2D eigenvalue weighted by atomic mass is 16.5. The van der Waals surface area contributed by atoms with Gasteiger partial charge in [0.05, 0.1) is 21.3 Å². The van der Waals surface area contributed by atoms with E-state index in [0.29, 0.717) is 29.6 Å². The van der Waals surface area contributed by atoms with Crippen LogP contribution in [0.25, 0.3) is 0 Å². The third-order valence-electron chi connectivity index (χ3n) is 7.53. The normalized spacial score (nSPS) is 15.4. The van der Waals surface area contributed by atoms with Crippen molar-refractivity contribution in [2.75, 3.05) is 27.9 Å². The van der Waals surface area contributed by atoms with Crippen LogP contribution in [0.2, 0.25) is 0 Å². The van der Waals surface area contributed by atoms with Crippen LogP contribution in [0.15, 0.2) is 47.3 Å². The van der Waals surface area contributed by atoms with Gasteiger partial charge in [-0.1, -0.05) is 24.3 Å². The minimum absolute atomic E-state index is 0.196. The van der Waals surface area contributed by atoms with E-state index >= 15 is 0 Å². The fourth-order valence-electron chi connectivity index (χ4n) is 5.35. The number of benzene rings is 2. The zero-order valence-electron chi connectivity index (χ0n) is 21.8. The van der Waals surface area contributed by atoms with Gasteiger partial charge in [-0.15, -0.1) is 0 Å². The Morgan fingerprint density at radius 2 is 1.67 bits per heavy atom. The fourth-order valence-corrected chi connectivity index (χ4v) is 5.35. The maximum atomic E-state index is 13.6. The van der Waals surface area contributed by atoms with E-state index in [1.807, 2.05) is 12.1 Å². The second kappa shape index (κ2) is 10.4. The van der Waals surface area contributed by atoms with Crippen LogP contribution in [-0.2, 0) is 32.5 Å². The SMILES string of the molecule is COc1cc(CN2CCc3c(cc(Cc4ccccc4C)c(=O)n3CC3CC3)C2)cc(OC)c1OC. The first-order valence-corrected chi connectivity index (χ1v) is 12.8. The van der Waals surface area contributed by atoms with Crippen molar-refractivity contribution >= 4 is 0 Å². The van der Waals surface area contributed by atoms with Gasteiger partial charge in [-0.3, -0.25) is 9.69 Å². The van der Waals surface area contributed by atoms with E-state index in [9.17, 15) is 4.79 Å². The molecule has 5 rings (SSSR count). The van der Waals surface area contributed by atoms with Crippen LogP contribution in [0.4, 0.5) is 0 Å². The smallest absolute Gasteiger partial charge is 0.254 e. The number of aryl methyl sites for hydroxylation is 1. The molecule has 190 valence electrons. The summed E-state index contributed by atoms with van der Waals surface area (Å²) >= 11 is 0. The van der Waals surface area contributed by atoms with E-state index in [0.717, 1.165) is 43.7 Å². The number of hydrogen-bond acceptors (Lipinski definition) is 5. The number of hydrogen-bond donors (Lipinski definition) is 0. The maximum absolute atomic E-state index is 13.6. The highest BCUT2D eigenvalue weighted by molar-refractivity contribution is 5.53. The molecule has 0 amide bonds. The summed E-state index contributed by atoms with van der Waals surface area (Å²) in [6.45, 7) is 5.47. The summed E-state index contributed by atoms with van der Waals surface area (Å²) in [6, 6.07) is 14.6. The van der Waals surface area contributed by atoms with Crippen LogP contribution in [0.1, 0.15) is 46.4 Å². The van der Waals surface area contributed by atoms with Crippen molar-refractivity contribution in [1.29, 1.82) is 0 Å². The van der Waals surface area contributed by atoms with Crippen LogP contribution in [0, 0.1) is 12.8 Å². The number of ether oxygens (including phenoxy) is 3. The predicted molar refractivity (Wildman–Crippen MR) is 141 cm³/mol. The van der Waals surface area contributed by atoms with Gasteiger partial charge in [0.25, 0.3) is 5.56 Å².